The van der Waals surface area contributed by atoms with Crippen LogP contribution < -0.4 is 4.72 Å². The quantitative estimate of drug-likeness (QED) is 0.752. The lowest BCUT2D eigenvalue weighted by Crippen LogP contribution is -2.40. The fourth-order valence-electron chi connectivity index (χ4n) is 1.78. The van der Waals surface area contributed by atoms with Gasteiger partial charge in [-0.15, -0.1) is 0 Å². The van der Waals surface area contributed by atoms with E-state index >= 15 is 0 Å². The third kappa shape index (κ3) is 3.75. The van der Waals surface area contributed by atoms with Gasteiger partial charge in [0.15, 0.2) is 0 Å². The van der Waals surface area contributed by atoms with Crippen LogP contribution >= 0.6 is 0 Å². The summed E-state index contributed by atoms with van der Waals surface area (Å²) in [6, 6.07) is 4.78. The smallest absolute Gasteiger partial charge is 0.354 e. The molecular formula is C12H17N3O4S. The number of nitrogens with zero attached hydrogens (tertiary/aromatic N) is 2. The van der Waals surface area contributed by atoms with E-state index in [2.05, 4.69) is 9.71 Å². The van der Waals surface area contributed by atoms with Crippen molar-refractivity contribution in [2.75, 3.05) is 13.6 Å². The number of carboxylic acids is 1. The van der Waals surface area contributed by atoms with Gasteiger partial charge in [-0.2, -0.15) is 12.7 Å². The lowest BCUT2D eigenvalue weighted by atomic mass is 10.2. The molecule has 7 nitrogen and oxygen atoms in total. The number of aromatic carboxylic acids is 1. The minimum atomic E-state index is -3.45. The van der Waals surface area contributed by atoms with E-state index in [1.165, 1.54) is 10.4 Å². The van der Waals surface area contributed by atoms with Gasteiger partial charge in [0.2, 0.25) is 0 Å². The van der Waals surface area contributed by atoms with Gasteiger partial charge in [0, 0.05) is 31.7 Å². The molecule has 2 rings (SSSR count). The van der Waals surface area contributed by atoms with Crippen LogP contribution in [0.3, 0.4) is 0 Å². The summed E-state index contributed by atoms with van der Waals surface area (Å²) in [4.78, 5) is 14.7. The molecule has 2 N–H and O–H groups in total. The Morgan fingerprint density at radius 2 is 2.20 bits per heavy atom. The molecule has 8 heteroatoms. The second-order valence-electron chi connectivity index (χ2n) is 4.72. The molecule has 1 heterocycles. The maximum Gasteiger partial charge on any atom is 0.354 e. The van der Waals surface area contributed by atoms with Gasteiger partial charge in [0.05, 0.1) is 0 Å². The molecule has 0 saturated heterocycles. The molecule has 0 amide bonds. The van der Waals surface area contributed by atoms with Crippen LogP contribution in [0, 0.1) is 0 Å². The molecule has 0 unspecified atom stereocenters. The first-order valence-corrected chi connectivity index (χ1v) is 7.76. The Morgan fingerprint density at radius 1 is 1.50 bits per heavy atom. The van der Waals surface area contributed by atoms with E-state index in [0.717, 1.165) is 12.8 Å². The minimum Gasteiger partial charge on any atom is -0.477 e. The van der Waals surface area contributed by atoms with E-state index in [1.54, 1.807) is 19.2 Å². The fraction of sp³-hybridized carbons (Fsp3) is 0.500. The van der Waals surface area contributed by atoms with Crippen molar-refractivity contribution in [3.05, 3.63) is 29.6 Å². The molecule has 0 bridgehead atoms. The fourth-order valence-corrected chi connectivity index (χ4v) is 2.95. The topological polar surface area (TPSA) is 99.6 Å². The average molecular weight is 299 g/mol. The lowest BCUT2D eigenvalue weighted by molar-refractivity contribution is 0.0690. The van der Waals surface area contributed by atoms with Crippen molar-refractivity contribution in [3.63, 3.8) is 0 Å². The highest BCUT2D eigenvalue weighted by Crippen LogP contribution is 2.26. The molecule has 1 aromatic heterocycles. The molecule has 0 aliphatic heterocycles. The second-order valence-corrected chi connectivity index (χ2v) is 6.53. The molecule has 110 valence electrons. The van der Waals surface area contributed by atoms with Crippen molar-refractivity contribution in [3.8, 4) is 0 Å². The summed E-state index contributed by atoms with van der Waals surface area (Å²) in [6.45, 7) is 0.190. The SMILES string of the molecule is CN(C1CC1)S(=O)(=O)NCCc1cccc(C(=O)O)n1. The van der Waals surface area contributed by atoms with Crippen LogP contribution in [0.5, 0.6) is 0 Å². The van der Waals surface area contributed by atoms with Crippen LogP contribution in [0.15, 0.2) is 18.2 Å². The number of hydrogen-bond donors (Lipinski definition) is 2. The molecule has 0 radical (unpaired) electrons. The van der Waals surface area contributed by atoms with Gasteiger partial charge < -0.3 is 5.11 Å². The highest BCUT2D eigenvalue weighted by molar-refractivity contribution is 7.87. The maximum atomic E-state index is 11.9. The van der Waals surface area contributed by atoms with Crippen molar-refractivity contribution in [1.29, 1.82) is 0 Å². The molecule has 1 aliphatic carbocycles. The Morgan fingerprint density at radius 3 is 2.80 bits per heavy atom. The first kappa shape index (κ1) is 14.9. The summed E-state index contributed by atoms with van der Waals surface area (Å²) in [5, 5.41) is 8.82. The van der Waals surface area contributed by atoms with Crippen LogP contribution in [-0.4, -0.2) is 48.4 Å². The Balaban J connectivity index is 1.89. The van der Waals surface area contributed by atoms with Crippen molar-refractivity contribution in [2.24, 2.45) is 0 Å². The van der Waals surface area contributed by atoms with Crippen LogP contribution in [0.4, 0.5) is 0 Å². The Bertz CT molecular complexity index is 598. The Kier molecular flexibility index (Phi) is 4.36. The predicted octanol–water partition coefficient (Wildman–Crippen LogP) is 0.251. The van der Waals surface area contributed by atoms with E-state index in [-0.39, 0.29) is 18.3 Å². The molecular weight excluding hydrogens is 282 g/mol. The molecule has 0 atom stereocenters. The molecule has 0 spiro atoms. The highest BCUT2D eigenvalue weighted by Gasteiger charge is 2.33. The largest absolute Gasteiger partial charge is 0.477 e. The monoisotopic (exact) mass is 299 g/mol. The number of carboxylic acid groups (broad SMARTS) is 1. The lowest BCUT2D eigenvalue weighted by Gasteiger charge is -2.16. The number of rotatable bonds is 7. The molecule has 1 saturated carbocycles. The summed E-state index contributed by atoms with van der Waals surface area (Å²) in [5.41, 5.74) is 0.502. The zero-order valence-corrected chi connectivity index (χ0v) is 11.9. The third-order valence-corrected chi connectivity index (χ3v) is 4.76. The van der Waals surface area contributed by atoms with E-state index < -0.39 is 16.2 Å². The number of nitrogens with one attached hydrogen (secondary N) is 1. The van der Waals surface area contributed by atoms with Gasteiger partial charge in [-0.05, 0) is 25.0 Å². The first-order valence-electron chi connectivity index (χ1n) is 6.32. The summed E-state index contributed by atoms with van der Waals surface area (Å²) in [5.74, 6) is -1.10. The summed E-state index contributed by atoms with van der Waals surface area (Å²) >= 11 is 0. The number of aromatic nitrogens is 1. The molecule has 20 heavy (non-hydrogen) atoms. The van der Waals surface area contributed by atoms with Gasteiger partial charge in [0.1, 0.15) is 5.69 Å². The van der Waals surface area contributed by atoms with E-state index in [9.17, 15) is 13.2 Å². The summed E-state index contributed by atoms with van der Waals surface area (Å²) in [6.07, 6.45) is 2.15. The van der Waals surface area contributed by atoms with Gasteiger partial charge >= 0.3 is 5.97 Å². The summed E-state index contributed by atoms with van der Waals surface area (Å²) in [7, 11) is -1.90. The highest BCUT2D eigenvalue weighted by atomic mass is 32.2. The first-order chi connectivity index (χ1) is 9.40. The van der Waals surface area contributed by atoms with Crippen LogP contribution in [0.25, 0.3) is 0 Å². The second kappa shape index (κ2) is 5.86. The van der Waals surface area contributed by atoms with Crippen LogP contribution in [-0.2, 0) is 16.6 Å². The molecule has 1 aromatic rings. The summed E-state index contributed by atoms with van der Waals surface area (Å²) < 4.78 is 27.6. The van der Waals surface area contributed by atoms with Crippen LogP contribution in [0.2, 0.25) is 0 Å². The standard InChI is InChI=1S/C12H17N3O4S/c1-15(10-5-6-10)20(18,19)13-8-7-9-3-2-4-11(14-9)12(16)17/h2-4,10,13H,5-8H2,1H3,(H,16,17). The van der Waals surface area contributed by atoms with Gasteiger partial charge in [-0.3, -0.25) is 0 Å². The van der Waals surface area contributed by atoms with Crippen molar-refractivity contribution < 1.29 is 18.3 Å². The predicted molar refractivity (Wildman–Crippen MR) is 72.6 cm³/mol. The van der Waals surface area contributed by atoms with Crippen molar-refractivity contribution in [2.45, 2.75) is 25.3 Å². The molecule has 1 aliphatic rings. The Labute approximate surface area is 117 Å². The van der Waals surface area contributed by atoms with E-state index in [4.69, 9.17) is 5.11 Å². The number of hydrogen-bond acceptors (Lipinski definition) is 4. The Hall–Kier alpha value is -1.51. The molecule has 0 aromatic carbocycles. The zero-order valence-electron chi connectivity index (χ0n) is 11.1. The average Bonchev–Trinajstić information content (AvgIpc) is 3.22. The number of pyridine rings is 1. The van der Waals surface area contributed by atoms with Crippen LogP contribution in [0.1, 0.15) is 29.0 Å². The van der Waals surface area contributed by atoms with Gasteiger partial charge in [-0.25, -0.2) is 14.5 Å². The normalized spacial score (nSPS) is 15.5. The molecule has 1 fully saturated rings. The van der Waals surface area contributed by atoms with Crippen molar-refractivity contribution >= 4 is 16.2 Å². The van der Waals surface area contributed by atoms with E-state index in [0.29, 0.717) is 12.1 Å². The van der Waals surface area contributed by atoms with E-state index in [1.807, 2.05) is 0 Å². The van der Waals surface area contributed by atoms with Gasteiger partial charge in [0.25, 0.3) is 10.2 Å². The van der Waals surface area contributed by atoms with Crippen molar-refractivity contribution in [1.82, 2.24) is 14.0 Å². The third-order valence-electron chi connectivity index (χ3n) is 3.13. The maximum absolute atomic E-state index is 11.9. The van der Waals surface area contributed by atoms with Gasteiger partial charge in [-0.1, -0.05) is 6.07 Å². The number of carbonyl (C=O) groups is 1. The minimum absolute atomic E-state index is 0.0412. The zero-order chi connectivity index (χ0) is 14.8.